The minimum absolute atomic E-state index is 0.238. The summed E-state index contributed by atoms with van der Waals surface area (Å²) in [5.74, 6) is 1.53. The number of rotatable bonds is 2. The molecule has 0 N–H and O–H groups in total. The molecule has 104 valence electrons. The van der Waals surface area contributed by atoms with Crippen molar-refractivity contribution in [1.29, 1.82) is 0 Å². The van der Waals surface area contributed by atoms with Crippen molar-refractivity contribution in [1.82, 2.24) is 9.80 Å². The Morgan fingerprint density at radius 3 is 2.72 bits per heavy atom. The zero-order chi connectivity index (χ0) is 13.3. The van der Waals surface area contributed by atoms with Gasteiger partial charge in [0, 0.05) is 44.1 Å². The predicted octanol–water partition coefficient (Wildman–Crippen LogP) is 2.02. The molecule has 1 heterocycles. The van der Waals surface area contributed by atoms with E-state index in [4.69, 9.17) is 0 Å². The van der Waals surface area contributed by atoms with Gasteiger partial charge in [0.2, 0.25) is 0 Å². The van der Waals surface area contributed by atoms with Gasteiger partial charge in [-0.25, -0.2) is 0 Å². The highest BCUT2D eigenvalue weighted by atomic mass is 16.1. The van der Waals surface area contributed by atoms with Crippen LogP contribution in [0.25, 0.3) is 0 Å². The maximum Gasteiger partial charge on any atom is 0.137 e. The van der Waals surface area contributed by atoms with Crippen LogP contribution >= 0.6 is 0 Å². The maximum atomic E-state index is 12.0. The average molecular weight is 252 g/mol. The average Bonchev–Trinajstić information content (AvgIpc) is 2.28. The Kier molecular flexibility index (Phi) is 4.12. The summed E-state index contributed by atoms with van der Waals surface area (Å²) in [7, 11) is 2.20. The Balaban J connectivity index is 1.91. The lowest BCUT2D eigenvalue weighted by molar-refractivity contribution is -0.126. The molecule has 3 heteroatoms. The van der Waals surface area contributed by atoms with E-state index in [2.05, 4.69) is 37.6 Å². The van der Waals surface area contributed by atoms with E-state index in [9.17, 15) is 4.79 Å². The second-order valence-electron chi connectivity index (χ2n) is 7.01. The van der Waals surface area contributed by atoms with Crippen molar-refractivity contribution in [3.05, 3.63) is 0 Å². The molecule has 1 saturated heterocycles. The molecule has 0 radical (unpaired) electrons. The number of nitrogens with zero attached hydrogens (tertiary/aromatic N) is 2. The lowest BCUT2D eigenvalue weighted by Crippen LogP contribution is -2.58. The predicted molar refractivity (Wildman–Crippen MR) is 74.7 cm³/mol. The molecule has 2 fully saturated rings. The van der Waals surface area contributed by atoms with Crippen LogP contribution in [0.4, 0.5) is 0 Å². The molecule has 0 amide bonds. The van der Waals surface area contributed by atoms with E-state index in [-0.39, 0.29) is 5.54 Å². The van der Waals surface area contributed by atoms with Crippen LogP contribution in [0.3, 0.4) is 0 Å². The van der Waals surface area contributed by atoms with Gasteiger partial charge in [0.05, 0.1) is 0 Å². The largest absolute Gasteiger partial charge is 0.300 e. The highest BCUT2D eigenvalue weighted by Gasteiger charge is 2.34. The van der Waals surface area contributed by atoms with E-state index >= 15 is 0 Å². The highest BCUT2D eigenvalue weighted by Crippen LogP contribution is 2.28. The summed E-state index contributed by atoms with van der Waals surface area (Å²) in [6.07, 6.45) is 3.01. The first-order valence-corrected chi connectivity index (χ1v) is 7.35. The summed E-state index contributed by atoms with van der Waals surface area (Å²) < 4.78 is 0. The van der Waals surface area contributed by atoms with E-state index in [1.807, 2.05) is 0 Å². The molecule has 0 spiro atoms. The zero-order valence-corrected chi connectivity index (χ0v) is 12.4. The third-order valence-corrected chi connectivity index (χ3v) is 4.90. The van der Waals surface area contributed by atoms with Crippen LogP contribution in [0, 0.1) is 11.8 Å². The number of piperazine rings is 1. The van der Waals surface area contributed by atoms with Gasteiger partial charge in [-0.2, -0.15) is 0 Å². The van der Waals surface area contributed by atoms with E-state index in [0.29, 0.717) is 11.7 Å². The van der Waals surface area contributed by atoms with Crippen molar-refractivity contribution in [2.24, 2.45) is 11.8 Å². The minimum atomic E-state index is 0.238. The Hall–Kier alpha value is -0.410. The molecule has 3 nitrogen and oxygen atoms in total. The molecule has 18 heavy (non-hydrogen) atoms. The molecule has 2 aliphatic rings. The van der Waals surface area contributed by atoms with Crippen LogP contribution in [0.1, 0.15) is 40.0 Å². The SMILES string of the molecule is CC1CCC(=O)C(CN2CCN(C)C(C)(C)C2)C1. The number of likely N-dealkylation sites (N-methyl/N-ethyl adjacent to an activating group) is 1. The summed E-state index contributed by atoms with van der Waals surface area (Å²) >= 11 is 0. The van der Waals surface area contributed by atoms with Crippen molar-refractivity contribution in [2.75, 3.05) is 33.2 Å². The zero-order valence-electron chi connectivity index (χ0n) is 12.4. The van der Waals surface area contributed by atoms with Crippen LogP contribution in [0.15, 0.2) is 0 Å². The first kappa shape index (κ1) is 14.0. The fourth-order valence-corrected chi connectivity index (χ4v) is 3.31. The number of hydrogen-bond acceptors (Lipinski definition) is 3. The van der Waals surface area contributed by atoms with Crippen molar-refractivity contribution in [2.45, 2.75) is 45.6 Å². The Morgan fingerprint density at radius 1 is 1.33 bits per heavy atom. The summed E-state index contributed by atoms with van der Waals surface area (Å²) in [5.41, 5.74) is 0.238. The molecular formula is C15H28N2O. The van der Waals surface area contributed by atoms with Gasteiger partial charge in [-0.15, -0.1) is 0 Å². The van der Waals surface area contributed by atoms with Gasteiger partial charge in [-0.3, -0.25) is 14.6 Å². The van der Waals surface area contributed by atoms with Crippen LogP contribution in [-0.2, 0) is 4.79 Å². The molecule has 0 aromatic heterocycles. The van der Waals surface area contributed by atoms with E-state index < -0.39 is 0 Å². The van der Waals surface area contributed by atoms with Gasteiger partial charge < -0.3 is 0 Å². The minimum Gasteiger partial charge on any atom is -0.300 e. The maximum absolute atomic E-state index is 12.0. The smallest absolute Gasteiger partial charge is 0.137 e. The van der Waals surface area contributed by atoms with Crippen molar-refractivity contribution >= 4 is 5.78 Å². The van der Waals surface area contributed by atoms with Gasteiger partial charge in [0.15, 0.2) is 0 Å². The quantitative estimate of drug-likeness (QED) is 0.751. The van der Waals surface area contributed by atoms with Crippen molar-refractivity contribution in [3.63, 3.8) is 0 Å². The number of ketones is 1. The Bertz CT molecular complexity index is 314. The molecule has 2 rings (SSSR count). The van der Waals surface area contributed by atoms with Crippen molar-refractivity contribution < 1.29 is 4.79 Å². The van der Waals surface area contributed by atoms with Crippen molar-refractivity contribution in [3.8, 4) is 0 Å². The molecule has 0 aromatic rings. The number of carbonyl (C=O) groups is 1. The van der Waals surface area contributed by atoms with Crippen LogP contribution < -0.4 is 0 Å². The number of Topliss-reactive ketones (excluding diaryl/α,β-unsaturated/α-hetero) is 1. The molecule has 0 aromatic carbocycles. The molecule has 1 aliphatic carbocycles. The van der Waals surface area contributed by atoms with Gasteiger partial charge in [0.25, 0.3) is 0 Å². The van der Waals surface area contributed by atoms with Gasteiger partial charge >= 0.3 is 0 Å². The summed E-state index contributed by atoms with van der Waals surface area (Å²) in [6.45, 7) is 11.2. The molecule has 2 atom stereocenters. The standard InChI is InChI=1S/C15H28N2O/c1-12-5-6-14(18)13(9-12)10-17-8-7-16(4)15(2,3)11-17/h12-13H,5-11H2,1-4H3. The number of hydrogen-bond donors (Lipinski definition) is 0. The number of carbonyl (C=O) groups excluding carboxylic acids is 1. The molecule has 1 saturated carbocycles. The molecule has 0 bridgehead atoms. The fraction of sp³-hybridized carbons (Fsp3) is 0.933. The second-order valence-corrected chi connectivity index (χ2v) is 7.01. The monoisotopic (exact) mass is 252 g/mol. The van der Waals surface area contributed by atoms with E-state index in [1.54, 1.807) is 0 Å². The molecule has 1 aliphatic heterocycles. The Labute approximate surface area is 112 Å². The van der Waals surface area contributed by atoms with Crippen LogP contribution in [0.2, 0.25) is 0 Å². The lowest BCUT2D eigenvalue weighted by Gasteiger charge is -2.46. The van der Waals surface area contributed by atoms with Gasteiger partial charge in [-0.05, 0) is 39.7 Å². The molecular weight excluding hydrogens is 224 g/mol. The third-order valence-electron chi connectivity index (χ3n) is 4.90. The normalized spacial score (nSPS) is 34.8. The first-order chi connectivity index (χ1) is 8.38. The summed E-state index contributed by atoms with van der Waals surface area (Å²) in [4.78, 5) is 16.9. The van der Waals surface area contributed by atoms with Gasteiger partial charge in [0.1, 0.15) is 5.78 Å². The van der Waals surface area contributed by atoms with Crippen LogP contribution in [0.5, 0.6) is 0 Å². The van der Waals surface area contributed by atoms with Gasteiger partial charge in [-0.1, -0.05) is 6.92 Å². The fourth-order valence-electron chi connectivity index (χ4n) is 3.31. The second kappa shape index (κ2) is 5.30. The summed E-state index contributed by atoms with van der Waals surface area (Å²) in [6, 6.07) is 0. The first-order valence-electron chi connectivity index (χ1n) is 7.35. The highest BCUT2D eigenvalue weighted by molar-refractivity contribution is 5.81. The summed E-state index contributed by atoms with van der Waals surface area (Å²) in [5, 5.41) is 0. The molecule has 2 unspecified atom stereocenters. The topological polar surface area (TPSA) is 23.6 Å². The Morgan fingerprint density at radius 2 is 2.06 bits per heavy atom. The third kappa shape index (κ3) is 3.12. The lowest BCUT2D eigenvalue weighted by atomic mass is 9.81. The van der Waals surface area contributed by atoms with E-state index in [1.165, 1.54) is 0 Å². The van der Waals surface area contributed by atoms with Crippen LogP contribution in [-0.4, -0.2) is 54.3 Å². The van der Waals surface area contributed by atoms with E-state index in [0.717, 1.165) is 51.4 Å².